The van der Waals surface area contributed by atoms with Crippen LogP contribution < -0.4 is 0 Å². The summed E-state index contributed by atoms with van der Waals surface area (Å²) in [4.78, 5) is 33.8. The monoisotopic (exact) mass is 619 g/mol. The third-order valence-corrected chi connectivity index (χ3v) is 11.2. The van der Waals surface area contributed by atoms with E-state index in [1.165, 1.54) is 11.8 Å². The molecule has 3 aliphatic rings. The molecule has 3 saturated heterocycles. The summed E-state index contributed by atoms with van der Waals surface area (Å²) < 4.78 is 23.6. The number of hydrogen-bond donors (Lipinski definition) is 0. The average Bonchev–Trinajstić information content (AvgIpc) is 3.56. The van der Waals surface area contributed by atoms with Crippen LogP contribution >= 0.6 is 11.6 Å². The summed E-state index contributed by atoms with van der Waals surface area (Å²) in [5, 5.41) is 0.481. The molecule has 0 N–H and O–H groups in total. The number of hydrogen-bond acceptors (Lipinski definition) is 5. The van der Waals surface area contributed by atoms with E-state index >= 15 is 0 Å². The highest BCUT2D eigenvalue weighted by atomic mass is 35.5. The predicted octanol–water partition coefficient (Wildman–Crippen LogP) is 5.11. The fraction of sp³-hybridized carbons (Fsp3) is 0.412. The molecule has 3 aliphatic heterocycles. The molecule has 3 heterocycles. The number of nitrogens with zero attached hydrogens (tertiary/aromatic N) is 3. The van der Waals surface area contributed by atoms with Gasteiger partial charge in [0.2, 0.25) is 5.91 Å². The lowest BCUT2D eigenvalue weighted by Gasteiger charge is -2.39. The van der Waals surface area contributed by atoms with Gasteiger partial charge in [-0.25, -0.2) is 8.42 Å². The number of likely N-dealkylation sites (tertiary alicyclic amines) is 3. The number of sulfone groups is 1. The minimum absolute atomic E-state index is 0.0192. The molecule has 1 spiro atoms. The molecular weight excluding hydrogens is 582 g/mol. The lowest BCUT2D eigenvalue weighted by molar-refractivity contribution is -0.139. The molecule has 9 heteroatoms. The Morgan fingerprint density at radius 1 is 0.884 bits per heavy atom. The Balaban J connectivity index is 1.09. The van der Waals surface area contributed by atoms with E-state index in [1.807, 2.05) is 40.1 Å². The fourth-order valence-corrected chi connectivity index (χ4v) is 8.02. The number of carbonyl (C=O) groups is 2. The summed E-state index contributed by atoms with van der Waals surface area (Å²) in [7, 11) is -3.25. The lowest BCUT2D eigenvalue weighted by Crippen LogP contribution is -2.46. The van der Waals surface area contributed by atoms with Crippen LogP contribution in [0.2, 0.25) is 5.02 Å². The topological polar surface area (TPSA) is 78.0 Å². The molecule has 2 unspecified atom stereocenters. The average molecular weight is 620 g/mol. The molecule has 226 valence electrons. The molecule has 2 amide bonds. The Bertz CT molecular complexity index is 1590. The first kappa shape index (κ1) is 29.9. The first-order valence-electron chi connectivity index (χ1n) is 15.0. The van der Waals surface area contributed by atoms with E-state index in [1.54, 1.807) is 24.3 Å². The van der Waals surface area contributed by atoms with Gasteiger partial charge in [0.15, 0.2) is 9.84 Å². The Hall–Kier alpha value is -3.20. The van der Waals surface area contributed by atoms with Crippen LogP contribution in [0.15, 0.2) is 83.8 Å². The lowest BCUT2D eigenvalue weighted by atomic mass is 9.76. The quantitative estimate of drug-likeness (QED) is 0.367. The molecule has 6 rings (SSSR count). The van der Waals surface area contributed by atoms with Gasteiger partial charge in [-0.2, -0.15) is 0 Å². The Labute approximate surface area is 259 Å². The van der Waals surface area contributed by atoms with Gasteiger partial charge in [0.25, 0.3) is 5.91 Å². The summed E-state index contributed by atoms with van der Waals surface area (Å²) in [5.41, 5.74) is 2.43. The molecule has 0 radical (unpaired) electrons. The van der Waals surface area contributed by atoms with Crippen LogP contribution in [-0.4, -0.2) is 80.5 Å². The first-order chi connectivity index (χ1) is 20.6. The summed E-state index contributed by atoms with van der Waals surface area (Å²) >= 11 is 6.38. The Morgan fingerprint density at radius 2 is 1.53 bits per heavy atom. The van der Waals surface area contributed by atoms with Crippen molar-refractivity contribution in [3.63, 3.8) is 0 Å². The van der Waals surface area contributed by atoms with Crippen LogP contribution in [0, 0.1) is 11.3 Å². The molecule has 2 atom stereocenters. The van der Waals surface area contributed by atoms with Gasteiger partial charge in [-0.05, 0) is 73.7 Å². The summed E-state index contributed by atoms with van der Waals surface area (Å²) in [6, 6.07) is 24.6. The molecule has 0 bridgehead atoms. The molecule has 3 aromatic rings. The molecule has 0 aliphatic carbocycles. The van der Waals surface area contributed by atoms with Gasteiger partial charge in [0, 0.05) is 44.9 Å². The maximum Gasteiger partial charge on any atom is 0.255 e. The molecule has 3 aromatic carbocycles. The Kier molecular flexibility index (Phi) is 8.37. The van der Waals surface area contributed by atoms with Crippen LogP contribution in [0.25, 0.3) is 0 Å². The van der Waals surface area contributed by atoms with E-state index in [0.717, 1.165) is 51.0 Å². The zero-order chi connectivity index (χ0) is 30.2. The van der Waals surface area contributed by atoms with E-state index in [-0.39, 0.29) is 29.1 Å². The second kappa shape index (κ2) is 12.1. The number of carbonyl (C=O) groups excluding carboxylic acids is 2. The van der Waals surface area contributed by atoms with Crippen molar-refractivity contribution in [3.05, 3.63) is 101 Å². The summed E-state index contributed by atoms with van der Waals surface area (Å²) in [5.74, 6) is 0.725. The van der Waals surface area contributed by atoms with Crippen LogP contribution in [0.3, 0.4) is 0 Å². The number of benzene rings is 3. The molecule has 3 fully saturated rings. The second-order valence-electron chi connectivity index (χ2n) is 12.4. The number of halogens is 1. The van der Waals surface area contributed by atoms with Gasteiger partial charge in [-0.3, -0.25) is 9.59 Å². The van der Waals surface area contributed by atoms with Crippen LogP contribution in [0.1, 0.15) is 46.7 Å². The molecule has 0 aromatic heterocycles. The Morgan fingerprint density at radius 3 is 2.21 bits per heavy atom. The predicted molar refractivity (Wildman–Crippen MR) is 168 cm³/mol. The van der Waals surface area contributed by atoms with Crippen molar-refractivity contribution in [1.29, 1.82) is 0 Å². The van der Waals surface area contributed by atoms with E-state index in [0.29, 0.717) is 35.1 Å². The van der Waals surface area contributed by atoms with Gasteiger partial charge in [0.05, 0.1) is 20.9 Å². The van der Waals surface area contributed by atoms with Crippen molar-refractivity contribution in [2.45, 2.75) is 36.6 Å². The maximum absolute atomic E-state index is 13.6. The maximum atomic E-state index is 13.6. The van der Waals surface area contributed by atoms with Gasteiger partial charge in [-0.15, -0.1) is 0 Å². The van der Waals surface area contributed by atoms with Crippen LogP contribution in [-0.2, 0) is 21.2 Å². The number of rotatable bonds is 7. The highest BCUT2D eigenvalue weighted by molar-refractivity contribution is 7.90. The summed E-state index contributed by atoms with van der Waals surface area (Å²) in [6.07, 6.45) is 3.73. The van der Waals surface area contributed by atoms with Crippen molar-refractivity contribution >= 4 is 33.3 Å². The smallest absolute Gasteiger partial charge is 0.255 e. The van der Waals surface area contributed by atoms with Crippen molar-refractivity contribution in [2.24, 2.45) is 11.3 Å². The van der Waals surface area contributed by atoms with Crippen molar-refractivity contribution < 1.29 is 18.0 Å². The van der Waals surface area contributed by atoms with E-state index < -0.39 is 9.84 Å². The van der Waals surface area contributed by atoms with Gasteiger partial charge in [-0.1, -0.05) is 66.2 Å². The zero-order valence-electron chi connectivity index (χ0n) is 24.5. The van der Waals surface area contributed by atoms with Crippen molar-refractivity contribution in [1.82, 2.24) is 14.7 Å². The van der Waals surface area contributed by atoms with Gasteiger partial charge < -0.3 is 14.7 Å². The second-order valence-corrected chi connectivity index (χ2v) is 14.9. The highest BCUT2D eigenvalue weighted by Gasteiger charge is 2.48. The fourth-order valence-electron chi connectivity index (χ4n) is 7.17. The molecule has 43 heavy (non-hydrogen) atoms. The van der Waals surface area contributed by atoms with Crippen LogP contribution in [0.4, 0.5) is 0 Å². The largest absolute Gasteiger partial charge is 0.338 e. The third-order valence-electron chi connectivity index (χ3n) is 9.69. The molecule has 7 nitrogen and oxygen atoms in total. The SMILES string of the molecule is CS(=O)(=O)c1ccc(CN2CCC3(CCN(CC4CN(C(=O)c5ccccc5Cl)CC4c4ccccc4)CC3)C2=O)cc1. The van der Waals surface area contributed by atoms with Crippen molar-refractivity contribution in [2.75, 3.05) is 45.5 Å². The van der Waals surface area contributed by atoms with Crippen molar-refractivity contribution in [3.8, 4) is 0 Å². The number of piperidine rings is 1. The minimum Gasteiger partial charge on any atom is -0.338 e. The van der Waals surface area contributed by atoms with Gasteiger partial charge in [0.1, 0.15) is 0 Å². The van der Waals surface area contributed by atoms with Gasteiger partial charge >= 0.3 is 0 Å². The summed E-state index contributed by atoms with van der Waals surface area (Å²) in [6.45, 7) is 5.17. The highest BCUT2D eigenvalue weighted by Crippen LogP contribution is 2.43. The van der Waals surface area contributed by atoms with Crippen LogP contribution in [0.5, 0.6) is 0 Å². The molecular formula is C34H38ClN3O4S. The first-order valence-corrected chi connectivity index (χ1v) is 17.3. The zero-order valence-corrected chi connectivity index (χ0v) is 26.1. The number of amides is 2. The molecule has 0 saturated carbocycles. The minimum atomic E-state index is -3.25. The standard InChI is InChI=1S/C34H38ClN3O4S/c1-43(41,42)28-13-11-25(12-14-28)21-37-20-17-34(33(37)40)15-18-36(19-16-34)22-27-23-38(24-30(27)26-7-3-2-4-8-26)32(39)29-9-5-6-10-31(29)35/h2-14,27,30H,15-24H2,1H3. The van der Waals surface area contributed by atoms with E-state index in [9.17, 15) is 18.0 Å². The van der Waals surface area contributed by atoms with E-state index in [2.05, 4.69) is 29.2 Å². The van der Waals surface area contributed by atoms with E-state index in [4.69, 9.17) is 11.6 Å². The normalized spacial score (nSPS) is 22.4. The third kappa shape index (κ3) is 6.24.